The molecule has 0 atom stereocenters. The molecule has 98 valence electrons. The lowest BCUT2D eigenvalue weighted by Gasteiger charge is -2.10. The molecule has 0 spiro atoms. The molecule has 0 fully saturated rings. The summed E-state index contributed by atoms with van der Waals surface area (Å²) in [6, 6.07) is 15.5. The van der Waals surface area contributed by atoms with Crippen LogP contribution in [0.2, 0.25) is 0 Å². The van der Waals surface area contributed by atoms with Crippen LogP contribution in [0.1, 0.15) is 6.92 Å². The second-order valence-corrected chi connectivity index (χ2v) is 4.01. The molecular formula is C15H15NO3. The Morgan fingerprint density at radius 3 is 2.42 bits per heavy atom. The van der Waals surface area contributed by atoms with Gasteiger partial charge in [0.25, 0.3) is 0 Å². The zero-order valence-corrected chi connectivity index (χ0v) is 10.8. The second kappa shape index (κ2) is 5.91. The summed E-state index contributed by atoms with van der Waals surface area (Å²) in [5.41, 5.74) is 5.30. The highest BCUT2D eigenvalue weighted by molar-refractivity contribution is 5.72. The van der Waals surface area contributed by atoms with E-state index in [1.807, 2.05) is 42.5 Å². The zero-order valence-electron chi connectivity index (χ0n) is 10.8. The quantitative estimate of drug-likeness (QED) is 0.854. The smallest absolute Gasteiger partial charge is 0.329 e. The van der Waals surface area contributed by atoms with Crippen molar-refractivity contribution in [2.24, 2.45) is 0 Å². The Morgan fingerprint density at radius 1 is 1.05 bits per heavy atom. The minimum atomic E-state index is -0.399. The summed E-state index contributed by atoms with van der Waals surface area (Å²) in [6.45, 7) is 1.34. The lowest BCUT2D eigenvalue weighted by molar-refractivity contribution is -0.138. The molecule has 2 rings (SSSR count). The predicted octanol–water partition coefficient (Wildman–Crippen LogP) is 3.25. The predicted molar refractivity (Wildman–Crippen MR) is 73.8 cm³/mol. The molecular weight excluding hydrogens is 242 g/mol. The Bertz CT molecular complexity index is 567. The molecule has 2 aromatic carbocycles. The number of rotatable bonds is 4. The minimum Gasteiger partial charge on any atom is -0.497 e. The largest absolute Gasteiger partial charge is 0.497 e. The summed E-state index contributed by atoms with van der Waals surface area (Å²) in [4.78, 5) is 15.6. The summed E-state index contributed by atoms with van der Waals surface area (Å²) >= 11 is 0. The van der Waals surface area contributed by atoms with Gasteiger partial charge in [0, 0.05) is 13.0 Å². The third-order valence-corrected chi connectivity index (χ3v) is 2.56. The van der Waals surface area contributed by atoms with Gasteiger partial charge in [-0.25, -0.2) is 5.48 Å². The molecule has 0 aliphatic heterocycles. The number of carbonyl (C=O) groups excluding carboxylic acids is 1. The van der Waals surface area contributed by atoms with E-state index >= 15 is 0 Å². The van der Waals surface area contributed by atoms with Crippen molar-refractivity contribution in [1.82, 2.24) is 0 Å². The normalized spacial score (nSPS) is 9.79. The maximum Gasteiger partial charge on any atom is 0.329 e. The maximum atomic E-state index is 10.8. The minimum absolute atomic E-state index is 0.399. The first kappa shape index (κ1) is 13.0. The first-order valence-corrected chi connectivity index (χ1v) is 5.87. The molecule has 0 aliphatic carbocycles. The van der Waals surface area contributed by atoms with Crippen LogP contribution in [-0.2, 0) is 9.63 Å². The summed E-state index contributed by atoms with van der Waals surface area (Å²) in [5, 5.41) is 0. The van der Waals surface area contributed by atoms with Crippen LogP contribution in [-0.4, -0.2) is 13.1 Å². The molecule has 19 heavy (non-hydrogen) atoms. The molecule has 0 radical (unpaired) electrons. The van der Waals surface area contributed by atoms with E-state index in [0.717, 1.165) is 11.1 Å². The summed E-state index contributed by atoms with van der Waals surface area (Å²) in [5.74, 6) is 0.292. The van der Waals surface area contributed by atoms with Crippen LogP contribution in [0.5, 0.6) is 5.75 Å². The van der Waals surface area contributed by atoms with E-state index in [9.17, 15) is 4.79 Å². The standard InChI is InChI=1S/C15H15NO3/c1-11(17)19-16-14-8-13(9-15(10-14)18-2)12-6-4-3-5-7-12/h3-10,16H,1-2H3. The van der Waals surface area contributed by atoms with Gasteiger partial charge in [-0.2, -0.15) is 0 Å². The summed E-state index contributed by atoms with van der Waals surface area (Å²) < 4.78 is 5.24. The lowest BCUT2D eigenvalue weighted by Crippen LogP contribution is -2.06. The van der Waals surface area contributed by atoms with E-state index < -0.39 is 5.97 Å². The third-order valence-electron chi connectivity index (χ3n) is 2.56. The number of ether oxygens (including phenoxy) is 1. The van der Waals surface area contributed by atoms with E-state index in [-0.39, 0.29) is 0 Å². The molecule has 2 aromatic rings. The molecule has 4 nitrogen and oxygen atoms in total. The highest BCUT2D eigenvalue weighted by atomic mass is 16.7. The zero-order chi connectivity index (χ0) is 13.7. The second-order valence-electron chi connectivity index (χ2n) is 4.01. The van der Waals surface area contributed by atoms with E-state index in [1.165, 1.54) is 6.92 Å². The Balaban J connectivity index is 2.33. The van der Waals surface area contributed by atoms with Crippen molar-refractivity contribution < 1.29 is 14.4 Å². The third kappa shape index (κ3) is 3.48. The van der Waals surface area contributed by atoms with Gasteiger partial charge in [0.1, 0.15) is 5.75 Å². The van der Waals surface area contributed by atoms with Gasteiger partial charge in [0.2, 0.25) is 0 Å². The van der Waals surface area contributed by atoms with Gasteiger partial charge in [-0.05, 0) is 23.3 Å². The summed E-state index contributed by atoms with van der Waals surface area (Å²) in [7, 11) is 1.60. The molecule has 1 N–H and O–H groups in total. The monoisotopic (exact) mass is 257 g/mol. The number of hydrogen-bond acceptors (Lipinski definition) is 4. The Hall–Kier alpha value is -2.49. The molecule has 0 aliphatic rings. The van der Waals surface area contributed by atoms with Gasteiger partial charge < -0.3 is 9.57 Å². The SMILES string of the molecule is COc1cc(NOC(C)=O)cc(-c2ccccc2)c1. The van der Waals surface area contributed by atoms with E-state index in [2.05, 4.69) is 5.48 Å². The fourth-order valence-electron chi connectivity index (χ4n) is 1.70. The number of nitrogens with one attached hydrogen (secondary N) is 1. The maximum absolute atomic E-state index is 10.8. The van der Waals surface area contributed by atoms with Gasteiger partial charge in [-0.15, -0.1) is 0 Å². The molecule has 0 bridgehead atoms. The average molecular weight is 257 g/mol. The van der Waals surface area contributed by atoms with Crippen LogP contribution in [0, 0.1) is 0 Å². The van der Waals surface area contributed by atoms with Crippen molar-refractivity contribution >= 4 is 11.7 Å². The molecule has 0 heterocycles. The Morgan fingerprint density at radius 2 is 1.79 bits per heavy atom. The van der Waals surface area contributed by atoms with Gasteiger partial charge in [-0.3, -0.25) is 4.79 Å². The van der Waals surface area contributed by atoms with Crippen LogP contribution < -0.4 is 10.2 Å². The van der Waals surface area contributed by atoms with Gasteiger partial charge >= 0.3 is 5.97 Å². The number of benzene rings is 2. The first-order valence-electron chi connectivity index (χ1n) is 5.87. The molecule has 0 saturated heterocycles. The number of hydrogen-bond donors (Lipinski definition) is 1. The fourth-order valence-corrected chi connectivity index (χ4v) is 1.70. The number of carbonyl (C=O) groups is 1. The number of methoxy groups -OCH3 is 1. The van der Waals surface area contributed by atoms with E-state index in [4.69, 9.17) is 9.57 Å². The van der Waals surface area contributed by atoms with Crippen LogP contribution >= 0.6 is 0 Å². The number of anilines is 1. The average Bonchev–Trinajstić information content (AvgIpc) is 2.45. The van der Waals surface area contributed by atoms with Gasteiger partial charge in [0.05, 0.1) is 12.8 Å². The molecule has 4 heteroatoms. The van der Waals surface area contributed by atoms with Crippen molar-refractivity contribution in [1.29, 1.82) is 0 Å². The Kier molecular flexibility index (Phi) is 4.03. The first-order chi connectivity index (χ1) is 9.19. The van der Waals surface area contributed by atoms with Crippen molar-refractivity contribution in [3.63, 3.8) is 0 Å². The fraction of sp³-hybridized carbons (Fsp3) is 0.133. The van der Waals surface area contributed by atoms with E-state index in [1.54, 1.807) is 13.2 Å². The topological polar surface area (TPSA) is 47.6 Å². The van der Waals surface area contributed by atoms with Crippen molar-refractivity contribution in [2.75, 3.05) is 12.6 Å². The molecule has 0 unspecified atom stereocenters. The highest BCUT2D eigenvalue weighted by Crippen LogP contribution is 2.28. The highest BCUT2D eigenvalue weighted by Gasteiger charge is 2.04. The van der Waals surface area contributed by atoms with Crippen LogP contribution in [0.25, 0.3) is 11.1 Å². The van der Waals surface area contributed by atoms with Crippen LogP contribution in [0.4, 0.5) is 5.69 Å². The molecule has 0 aromatic heterocycles. The lowest BCUT2D eigenvalue weighted by atomic mass is 10.0. The van der Waals surface area contributed by atoms with Crippen molar-refractivity contribution in [2.45, 2.75) is 6.92 Å². The van der Waals surface area contributed by atoms with Crippen LogP contribution in [0.15, 0.2) is 48.5 Å². The van der Waals surface area contributed by atoms with Crippen molar-refractivity contribution in [3.8, 4) is 16.9 Å². The summed E-state index contributed by atoms with van der Waals surface area (Å²) in [6.07, 6.45) is 0. The van der Waals surface area contributed by atoms with Gasteiger partial charge in [-0.1, -0.05) is 30.3 Å². The van der Waals surface area contributed by atoms with Crippen molar-refractivity contribution in [3.05, 3.63) is 48.5 Å². The molecule has 0 amide bonds. The van der Waals surface area contributed by atoms with E-state index in [0.29, 0.717) is 11.4 Å². The molecule has 0 saturated carbocycles. The Labute approximate surface area is 111 Å². The van der Waals surface area contributed by atoms with Gasteiger partial charge in [0.15, 0.2) is 0 Å². The van der Waals surface area contributed by atoms with Crippen LogP contribution in [0.3, 0.4) is 0 Å².